The summed E-state index contributed by atoms with van der Waals surface area (Å²) in [7, 11) is 0. The van der Waals surface area contributed by atoms with Crippen molar-refractivity contribution in [3.05, 3.63) is 40.8 Å². The minimum atomic E-state index is -0.277. The number of nitrogens with zero attached hydrogens (tertiary/aromatic N) is 4. The molecule has 1 amide bonds. The van der Waals surface area contributed by atoms with Gasteiger partial charge in [-0.25, -0.2) is 9.97 Å². The number of nitrogens with one attached hydrogen (secondary N) is 1. The zero-order valence-corrected chi connectivity index (χ0v) is 15.5. The second-order valence-corrected chi connectivity index (χ2v) is 7.26. The van der Waals surface area contributed by atoms with Crippen LogP contribution in [-0.4, -0.2) is 47.2 Å². The molecule has 3 aromatic rings. The number of anilines is 2. The van der Waals surface area contributed by atoms with Crippen molar-refractivity contribution in [1.82, 2.24) is 15.0 Å². The number of rotatable bonds is 3. The Kier molecular flexibility index (Phi) is 4.60. The lowest BCUT2D eigenvalue weighted by Gasteiger charge is -2.25. The Morgan fingerprint density at radius 2 is 2.12 bits per heavy atom. The number of ether oxygens (including phenoxy) is 1. The molecule has 128 valence electrons. The minimum Gasteiger partial charge on any atom is -0.378 e. The Bertz CT molecular complexity index is 926. The van der Waals surface area contributed by atoms with Gasteiger partial charge in [0.1, 0.15) is 10.3 Å². The van der Waals surface area contributed by atoms with Crippen LogP contribution >= 0.6 is 27.3 Å². The van der Waals surface area contributed by atoms with Crippen molar-refractivity contribution in [2.75, 3.05) is 36.5 Å². The molecule has 1 N–H and O–H groups in total. The van der Waals surface area contributed by atoms with Gasteiger partial charge in [0.25, 0.3) is 5.91 Å². The lowest BCUT2D eigenvalue weighted by Crippen LogP contribution is -2.36. The number of fused-ring (bicyclic) bond motifs is 1. The molecule has 0 spiro atoms. The van der Waals surface area contributed by atoms with Gasteiger partial charge in [0.15, 0.2) is 10.8 Å². The van der Waals surface area contributed by atoms with Crippen molar-refractivity contribution in [3.8, 4) is 0 Å². The maximum absolute atomic E-state index is 12.3. The topological polar surface area (TPSA) is 80.2 Å². The molecule has 3 aromatic heterocycles. The Labute approximate surface area is 156 Å². The van der Waals surface area contributed by atoms with Crippen molar-refractivity contribution in [1.29, 1.82) is 0 Å². The molecule has 4 rings (SSSR count). The van der Waals surface area contributed by atoms with Crippen molar-refractivity contribution in [2.45, 2.75) is 0 Å². The average Bonchev–Trinajstić information content (AvgIpc) is 3.06. The van der Waals surface area contributed by atoms with Gasteiger partial charge in [0.05, 0.1) is 29.8 Å². The van der Waals surface area contributed by atoms with Crippen LogP contribution in [0.2, 0.25) is 0 Å². The number of hydrogen-bond donors (Lipinski definition) is 1. The van der Waals surface area contributed by atoms with E-state index in [9.17, 15) is 4.79 Å². The van der Waals surface area contributed by atoms with Gasteiger partial charge in [0, 0.05) is 13.1 Å². The van der Waals surface area contributed by atoms with Gasteiger partial charge in [-0.3, -0.25) is 4.79 Å². The first-order chi connectivity index (χ1) is 12.2. The average molecular weight is 420 g/mol. The predicted molar refractivity (Wildman–Crippen MR) is 100 cm³/mol. The van der Waals surface area contributed by atoms with Crippen LogP contribution in [0.15, 0.2) is 35.1 Å². The highest BCUT2D eigenvalue weighted by molar-refractivity contribution is 9.10. The van der Waals surface area contributed by atoms with Crippen LogP contribution in [0.4, 0.5) is 10.8 Å². The molecule has 0 aliphatic carbocycles. The first-order valence-electron chi connectivity index (χ1n) is 7.72. The molecule has 1 saturated heterocycles. The Morgan fingerprint density at radius 3 is 2.92 bits per heavy atom. The summed E-state index contributed by atoms with van der Waals surface area (Å²) in [4.78, 5) is 27.6. The molecule has 0 bridgehead atoms. The molecule has 1 aliphatic rings. The van der Waals surface area contributed by atoms with E-state index in [0.717, 1.165) is 22.9 Å². The molecular weight excluding hydrogens is 406 g/mol. The summed E-state index contributed by atoms with van der Waals surface area (Å²) < 4.78 is 6.92. The predicted octanol–water partition coefficient (Wildman–Crippen LogP) is 2.94. The maximum Gasteiger partial charge on any atom is 0.274 e. The summed E-state index contributed by atoms with van der Waals surface area (Å²) in [5, 5.41) is 3.76. The standard InChI is InChI=1S/C16H14BrN5O2S/c17-13-3-1-2-11(20-13)15(23)19-10-8-12-14(18-9-10)21-16(25-12)22-4-6-24-7-5-22/h1-3,8-9H,4-7H2,(H,19,23). The van der Waals surface area contributed by atoms with E-state index in [-0.39, 0.29) is 5.91 Å². The molecule has 4 heterocycles. The highest BCUT2D eigenvalue weighted by Gasteiger charge is 2.16. The summed E-state index contributed by atoms with van der Waals surface area (Å²) in [5.74, 6) is -0.277. The van der Waals surface area contributed by atoms with Gasteiger partial charge in [0.2, 0.25) is 0 Å². The number of morpholine rings is 1. The first-order valence-corrected chi connectivity index (χ1v) is 9.33. The van der Waals surface area contributed by atoms with E-state index in [2.05, 4.69) is 41.1 Å². The lowest BCUT2D eigenvalue weighted by atomic mass is 10.3. The second kappa shape index (κ2) is 7.03. The molecule has 0 radical (unpaired) electrons. The van der Waals surface area contributed by atoms with Gasteiger partial charge >= 0.3 is 0 Å². The van der Waals surface area contributed by atoms with Gasteiger partial charge in [-0.15, -0.1) is 0 Å². The van der Waals surface area contributed by atoms with Crippen molar-refractivity contribution >= 4 is 54.3 Å². The van der Waals surface area contributed by atoms with Crippen LogP contribution in [0.25, 0.3) is 10.3 Å². The van der Waals surface area contributed by atoms with Gasteiger partial charge < -0.3 is 15.0 Å². The van der Waals surface area contributed by atoms with Crippen LogP contribution < -0.4 is 10.2 Å². The molecular formula is C16H14BrN5O2S. The lowest BCUT2D eigenvalue weighted by molar-refractivity contribution is 0.102. The van der Waals surface area contributed by atoms with Crippen LogP contribution in [0, 0.1) is 0 Å². The fourth-order valence-electron chi connectivity index (χ4n) is 2.50. The second-order valence-electron chi connectivity index (χ2n) is 5.44. The fourth-order valence-corrected chi connectivity index (χ4v) is 3.86. The number of aromatic nitrogens is 3. The number of hydrogen-bond acceptors (Lipinski definition) is 7. The zero-order chi connectivity index (χ0) is 17.2. The van der Waals surface area contributed by atoms with E-state index in [1.54, 1.807) is 35.7 Å². The van der Waals surface area contributed by atoms with E-state index in [4.69, 9.17) is 4.74 Å². The zero-order valence-electron chi connectivity index (χ0n) is 13.1. The first kappa shape index (κ1) is 16.4. The van der Waals surface area contributed by atoms with Crippen LogP contribution in [0.1, 0.15) is 10.5 Å². The third-order valence-electron chi connectivity index (χ3n) is 3.72. The molecule has 0 atom stereocenters. The van der Waals surface area contributed by atoms with Crippen molar-refractivity contribution in [2.24, 2.45) is 0 Å². The summed E-state index contributed by atoms with van der Waals surface area (Å²) in [6.45, 7) is 3.09. The van der Waals surface area contributed by atoms with Crippen LogP contribution in [0.5, 0.6) is 0 Å². The molecule has 0 unspecified atom stereocenters. The number of carbonyl (C=O) groups is 1. The van der Waals surface area contributed by atoms with Crippen LogP contribution in [0.3, 0.4) is 0 Å². The molecule has 7 nitrogen and oxygen atoms in total. The van der Waals surface area contributed by atoms with E-state index in [1.165, 1.54) is 0 Å². The van der Waals surface area contributed by atoms with E-state index < -0.39 is 0 Å². The fraction of sp³-hybridized carbons (Fsp3) is 0.250. The highest BCUT2D eigenvalue weighted by Crippen LogP contribution is 2.29. The molecule has 9 heteroatoms. The largest absolute Gasteiger partial charge is 0.378 e. The quantitative estimate of drug-likeness (QED) is 0.657. The minimum absolute atomic E-state index is 0.277. The molecule has 25 heavy (non-hydrogen) atoms. The number of amides is 1. The number of thiazole rings is 1. The maximum atomic E-state index is 12.3. The van der Waals surface area contributed by atoms with Crippen molar-refractivity contribution in [3.63, 3.8) is 0 Å². The van der Waals surface area contributed by atoms with E-state index in [1.807, 2.05) is 6.07 Å². The number of carbonyl (C=O) groups excluding carboxylic acids is 1. The third kappa shape index (κ3) is 3.63. The van der Waals surface area contributed by atoms with Gasteiger partial charge in [-0.05, 0) is 34.1 Å². The Morgan fingerprint density at radius 1 is 1.28 bits per heavy atom. The normalized spacial score (nSPS) is 14.7. The smallest absolute Gasteiger partial charge is 0.274 e. The highest BCUT2D eigenvalue weighted by atomic mass is 79.9. The Hall–Kier alpha value is -2.10. The summed E-state index contributed by atoms with van der Waals surface area (Å²) in [5.41, 5.74) is 1.65. The molecule has 0 aromatic carbocycles. The summed E-state index contributed by atoms with van der Waals surface area (Å²) in [6, 6.07) is 7.09. The summed E-state index contributed by atoms with van der Waals surface area (Å²) >= 11 is 4.83. The Balaban J connectivity index is 1.55. The van der Waals surface area contributed by atoms with Crippen LogP contribution in [-0.2, 0) is 4.74 Å². The van der Waals surface area contributed by atoms with E-state index in [0.29, 0.717) is 34.8 Å². The van der Waals surface area contributed by atoms with Crippen molar-refractivity contribution < 1.29 is 9.53 Å². The third-order valence-corrected chi connectivity index (χ3v) is 5.22. The monoisotopic (exact) mass is 419 g/mol. The number of pyridine rings is 2. The van der Waals surface area contributed by atoms with Gasteiger partial charge in [-0.1, -0.05) is 17.4 Å². The SMILES string of the molecule is O=C(Nc1cnc2nc(N3CCOCC3)sc2c1)c1cccc(Br)n1. The molecule has 1 fully saturated rings. The van der Waals surface area contributed by atoms with E-state index >= 15 is 0 Å². The van der Waals surface area contributed by atoms with Gasteiger partial charge in [-0.2, -0.15) is 4.98 Å². The molecule has 1 aliphatic heterocycles. The summed E-state index contributed by atoms with van der Waals surface area (Å²) in [6.07, 6.45) is 1.61. The molecule has 0 saturated carbocycles. The number of halogens is 1.